The lowest BCUT2D eigenvalue weighted by Crippen LogP contribution is -3.11. The quantitative estimate of drug-likeness (QED) is 0.653. The van der Waals surface area contributed by atoms with Crippen molar-refractivity contribution < 1.29 is 18.9 Å². The highest BCUT2D eigenvalue weighted by atomic mass is 32.1. The summed E-state index contributed by atoms with van der Waals surface area (Å²) in [5, 5.41) is 4.67. The highest BCUT2D eigenvalue weighted by Crippen LogP contribution is 2.11. The van der Waals surface area contributed by atoms with Crippen LogP contribution < -0.4 is 10.2 Å². The molecule has 1 aromatic heterocycles. The number of halogens is 1. The summed E-state index contributed by atoms with van der Waals surface area (Å²) in [6, 6.07) is 9.51. The van der Waals surface area contributed by atoms with Crippen LogP contribution in [0.4, 0.5) is 10.1 Å². The standard InChI is InChI=1S/C19H22FN3O2S/c1-3-10-23(12-17-5-4-11-26-17)19(25)14-22(2)13-18(24)21-16-8-6-15(20)7-9-16/h3-9,11H,1,10,12-14H2,2H3,(H,21,24)/p+1. The number of nitrogens with zero attached hydrogens (tertiary/aromatic N) is 1. The molecule has 0 saturated heterocycles. The third-order valence-corrected chi connectivity index (χ3v) is 4.53. The highest BCUT2D eigenvalue weighted by Gasteiger charge is 2.19. The minimum Gasteiger partial charge on any atom is -0.329 e. The molecule has 0 saturated carbocycles. The van der Waals surface area contributed by atoms with E-state index in [0.717, 1.165) is 9.78 Å². The molecule has 0 radical (unpaired) electrons. The first kappa shape index (κ1) is 19.8. The molecule has 1 unspecified atom stereocenters. The van der Waals surface area contributed by atoms with E-state index in [4.69, 9.17) is 0 Å². The Morgan fingerprint density at radius 3 is 2.62 bits per heavy atom. The number of quaternary nitrogens is 1. The molecular weight excluding hydrogens is 353 g/mol. The molecule has 0 bridgehead atoms. The van der Waals surface area contributed by atoms with Crippen molar-refractivity contribution in [2.45, 2.75) is 6.54 Å². The second-order valence-corrected chi connectivity index (χ2v) is 7.04. The smallest absolute Gasteiger partial charge is 0.279 e. The monoisotopic (exact) mass is 376 g/mol. The maximum Gasteiger partial charge on any atom is 0.279 e. The summed E-state index contributed by atoms with van der Waals surface area (Å²) < 4.78 is 12.9. The van der Waals surface area contributed by atoms with Crippen LogP contribution in [0, 0.1) is 5.82 Å². The second-order valence-electron chi connectivity index (χ2n) is 6.01. The van der Waals surface area contributed by atoms with Crippen LogP contribution in [0.25, 0.3) is 0 Å². The maximum absolute atomic E-state index is 12.9. The number of nitrogens with one attached hydrogen (secondary N) is 2. The number of amides is 2. The van der Waals surface area contributed by atoms with Gasteiger partial charge in [0.2, 0.25) is 0 Å². The van der Waals surface area contributed by atoms with Crippen molar-refractivity contribution in [2.24, 2.45) is 0 Å². The number of anilines is 1. The number of hydrogen-bond acceptors (Lipinski definition) is 3. The summed E-state index contributed by atoms with van der Waals surface area (Å²) in [4.78, 5) is 28.2. The first-order valence-corrected chi connectivity index (χ1v) is 9.13. The van der Waals surface area contributed by atoms with Crippen molar-refractivity contribution in [1.82, 2.24) is 4.90 Å². The average Bonchev–Trinajstić information content (AvgIpc) is 3.09. The van der Waals surface area contributed by atoms with E-state index >= 15 is 0 Å². The van der Waals surface area contributed by atoms with Gasteiger partial charge in [-0.15, -0.1) is 17.9 Å². The van der Waals surface area contributed by atoms with Crippen molar-refractivity contribution in [3.63, 3.8) is 0 Å². The van der Waals surface area contributed by atoms with Gasteiger partial charge < -0.3 is 15.1 Å². The number of thiophene rings is 1. The topological polar surface area (TPSA) is 53.9 Å². The number of hydrogen-bond donors (Lipinski definition) is 2. The first-order chi connectivity index (χ1) is 12.5. The SMILES string of the molecule is C=CCN(Cc1cccs1)C(=O)C[NH+](C)CC(=O)Nc1ccc(F)cc1. The molecule has 1 aromatic carbocycles. The van der Waals surface area contributed by atoms with E-state index in [1.165, 1.54) is 24.3 Å². The van der Waals surface area contributed by atoms with Gasteiger partial charge in [-0.3, -0.25) is 9.59 Å². The maximum atomic E-state index is 12.9. The van der Waals surface area contributed by atoms with E-state index in [2.05, 4.69) is 11.9 Å². The highest BCUT2D eigenvalue weighted by molar-refractivity contribution is 7.09. The molecule has 2 amide bonds. The summed E-state index contributed by atoms with van der Waals surface area (Å²) in [6.07, 6.45) is 1.70. The zero-order valence-corrected chi connectivity index (χ0v) is 15.5. The predicted octanol–water partition coefficient (Wildman–Crippen LogP) is 1.56. The van der Waals surface area contributed by atoms with Crippen LogP contribution >= 0.6 is 11.3 Å². The van der Waals surface area contributed by atoms with Crippen LogP contribution in [-0.4, -0.2) is 43.4 Å². The third kappa shape index (κ3) is 6.42. The van der Waals surface area contributed by atoms with Crippen molar-refractivity contribution in [1.29, 1.82) is 0 Å². The predicted molar refractivity (Wildman–Crippen MR) is 102 cm³/mol. The number of carbonyl (C=O) groups excluding carboxylic acids is 2. The molecule has 5 nitrogen and oxygen atoms in total. The Bertz CT molecular complexity index is 732. The van der Waals surface area contributed by atoms with E-state index in [0.29, 0.717) is 18.8 Å². The fraction of sp³-hybridized carbons (Fsp3) is 0.263. The lowest BCUT2D eigenvalue weighted by atomic mass is 10.3. The lowest BCUT2D eigenvalue weighted by Gasteiger charge is -2.22. The summed E-state index contributed by atoms with van der Waals surface area (Å²) in [6.45, 7) is 5.06. The molecule has 0 fully saturated rings. The van der Waals surface area contributed by atoms with Crippen molar-refractivity contribution in [2.75, 3.05) is 32.0 Å². The molecule has 2 N–H and O–H groups in total. The molecule has 7 heteroatoms. The Kier molecular flexibility index (Phi) is 7.50. The third-order valence-electron chi connectivity index (χ3n) is 3.67. The normalized spacial score (nSPS) is 11.6. The summed E-state index contributed by atoms with van der Waals surface area (Å²) >= 11 is 1.60. The molecule has 0 aliphatic carbocycles. The average molecular weight is 376 g/mol. The zero-order valence-electron chi connectivity index (χ0n) is 14.7. The van der Waals surface area contributed by atoms with E-state index < -0.39 is 0 Å². The fourth-order valence-electron chi connectivity index (χ4n) is 2.45. The number of rotatable bonds is 9. The van der Waals surface area contributed by atoms with Crippen molar-refractivity contribution in [3.8, 4) is 0 Å². The van der Waals surface area contributed by atoms with Crippen molar-refractivity contribution in [3.05, 3.63) is 65.1 Å². The lowest BCUT2D eigenvalue weighted by molar-refractivity contribution is -0.862. The molecular formula is C19H23FN3O2S+. The number of benzene rings is 1. The van der Waals surface area contributed by atoms with Crippen LogP contribution in [0.15, 0.2) is 54.4 Å². The minimum absolute atomic E-state index is 0.0367. The van der Waals surface area contributed by atoms with Gasteiger partial charge in [-0.2, -0.15) is 0 Å². The Labute approximate surface area is 156 Å². The van der Waals surface area contributed by atoms with Gasteiger partial charge in [-0.25, -0.2) is 4.39 Å². The first-order valence-electron chi connectivity index (χ1n) is 8.25. The van der Waals surface area contributed by atoms with Gasteiger partial charge in [-0.1, -0.05) is 12.1 Å². The molecule has 0 spiro atoms. The van der Waals surface area contributed by atoms with E-state index in [-0.39, 0.29) is 30.7 Å². The molecule has 1 heterocycles. The van der Waals surface area contributed by atoms with Gasteiger partial charge in [-0.05, 0) is 35.7 Å². The summed E-state index contributed by atoms with van der Waals surface area (Å²) in [5.41, 5.74) is 0.529. The number of carbonyl (C=O) groups is 2. The second kappa shape index (κ2) is 9.84. The van der Waals surface area contributed by atoms with Gasteiger partial charge in [0, 0.05) is 17.1 Å². The molecule has 0 aliphatic rings. The van der Waals surface area contributed by atoms with Crippen LogP contribution in [0.2, 0.25) is 0 Å². The van der Waals surface area contributed by atoms with Crippen LogP contribution in [-0.2, 0) is 16.1 Å². The van der Waals surface area contributed by atoms with Gasteiger partial charge in [0.25, 0.3) is 11.8 Å². The largest absolute Gasteiger partial charge is 0.329 e. The van der Waals surface area contributed by atoms with Crippen LogP contribution in [0.5, 0.6) is 0 Å². The molecule has 1 atom stereocenters. The minimum atomic E-state index is -0.357. The zero-order chi connectivity index (χ0) is 18.9. The molecule has 2 rings (SSSR count). The number of likely N-dealkylation sites (N-methyl/N-ethyl adjacent to an activating group) is 1. The molecule has 138 valence electrons. The van der Waals surface area contributed by atoms with Crippen LogP contribution in [0.3, 0.4) is 0 Å². The Hall–Kier alpha value is -2.51. The molecule has 26 heavy (non-hydrogen) atoms. The Morgan fingerprint density at radius 1 is 1.27 bits per heavy atom. The Balaban J connectivity index is 1.84. The van der Waals surface area contributed by atoms with Gasteiger partial charge >= 0.3 is 0 Å². The fourth-order valence-corrected chi connectivity index (χ4v) is 3.17. The summed E-state index contributed by atoms with van der Waals surface area (Å²) in [5.74, 6) is -0.620. The molecule has 0 aliphatic heterocycles. The van der Waals surface area contributed by atoms with Gasteiger partial charge in [0.05, 0.1) is 13.6 Å². The van der Waals surface area contributed by atoms with Crippen LogP contribution in [0.1, 0.15) is 4.88 Å². The van der Waals surface area contributed by atoms with E-state index in [9.17, 15) is 14.0 Å². The van der Waals surface area contributed by atoms with Gasteiger partial charge in [0.1, 0.15) is 5.82 Å². The van der Waals surface area contributed by atoms with E-state index in [1.54, 1.807) is 29.4 Å². The Morgan fingerprint density at radius 2 is 2.00 bits per heavy atom. The van der Waals surface area contributed by atoms with E-state index in [1.807, 2.05) is 17.5 Å². The molecule has 2 aromatic rings. The van der Waals surface area contributed by atoms with Gasteiger partial charge in [0.15, 0.2) is 13.1 Å². The van der Waals surface area contributed by atoms with Crippen molar-refractivity contribution >= 4 is 28.8 Å². The summed E-state index contributed by atoms with van der Waals surface area (Å²) in [7, 11) is 1.79.